The number of hydrogen-bond acceptors (Lipinski definition) is 18. The molecule has 432 valence electrons. The van der Waals surface area contributed by atoms with E-state index in [1.165, 1.54) is 70.6 Å². The topological polar surface area (TPSA) is 314 Å². The zero-order chi connectivity index (χ0) is 56.5. The van der Waals surface area contributed by atoms with Crippen LogP contribution in [0.1, 0.15) is 177 Å². The molecule has 3 aromatic rings. The SMILES string of the molecule is CCCCCCCCCCCCCCCCCC(=O)OCC(COP(=O)([O-])OCC[N+](C)(C)C)OC(=O)CCCCCCCNC(=O)[C@@H](CCC(=O)O)NC(=O)c1ccc(N(C)Cc2cnc3nc(N)nc(N)c3n2)cc1. The van der Waals surface area contributed by atoms with Crippen molar-refractivity contribution in [2.75, 3.05) is 77.5 Å². The van der Waals surface area contributed by atoms with Gasteiger partial charge >= 0.3 is 17.9 Å². The minimum absolute atomic E-state index is 0.00172. The van der Waals surface area contributed by atoms with Crippen LogP contribution >= 0.6 is 7.82 Å². The number of ether oxygens (including phenoxy) is 2. The fourth-order valence-corrected chi connectivity index (χ4v) is 8.92. The maximum absolute atomic E-state index is 13.3. The minimum atomic E-state index is -4.74. The number of unbranched alkanes of at least 4 members (excludes halogenated alkanes) is 18. The van der Waals surface area contributed by atoms with Crippen LogP contribution in [-0.2, 0) is 48.8 Å². The summed E-state index contributed by atoms with van der Waals surface area (Å²) in [5.74, 6) is -3.12. The molecule has 0 aliphatic rings. The number of carboxylic acids is 1. The number of anilines is 3. The Morgan fingerprint density at radius 1 is 0.753 bits per heavy atom. The zero-order valence-corrected chi connectivity index (χ0v) is 47.4. The molecule has 7 N–H and O–H groups in total. The second-order valence-corrected chi connectivity index (χ2v) is 22.2. The normalized spacial score (nSPS) is 13.1. The molecule has 0 bridgehead atoms. The molecule has 3 atom stereocenters. The van der Waals surface area contributed by atoms with Gasteiger partial charge in [-0.05, 0) is 49.9 Å². The second kappa shape index (κ2) is 36.5. The van der Waals surface area contributed by atoms with Gasteiger partial charge in [0.1, 0.15) is 25.8 Å². The number of esters is 2. The van der Waals surface area contributed by atoms with E-state index in [4.69, 9.17) is 30.0 Å². The van der Waals surface area contributed by atoms with Crippen LogP contribution in [0.2, 0.25) is 0 Å². The summed E-state index contributed by atoms with van der Waals surface area (Å²) < 4.78 is 34.0. The van der Waals surface area contributed by atoms with Crippen molar-refractivity contribution >= 4 is 66.2 Å². The van der Waals surface area contributed by atoms with Crippen molar-refractivity contribution in [3.05, 3.63) is 41.7 Å². The van der Waals surface area contributed by atoms with Gasteiger partial charge < -0.3 is 60.0 Å². The number of carbonyl (C=O) groups is 5. The van der Waals surface area contributed by atoms with Crippen LogP contribution < -0.4 is 31.9 Å². The number of nitrogens with zero attached hydrogens (tertiary/aromatic N) is 6. The number of nitrogen functional groups attached to an aromatic ring is 2. The Hall–Kier alpha value is -5.54. The molecule has 2 aromatic heterocycles. The van der Waals surface area contributed by atoms with Crippen LogP contribution in [0.15, 0.2) is 30.5 Å². The van der Waals surface area contributed by atoms with E-state index in [1.807, 2.05) is 33.1 Å². The van der Waals surface area contributed by atoms with Gasteiger partial charge in [-0.3, -0.25) is 28.5 Å². The van der Waals surface area contributed by atoms with Gasteiger partial charge in [-0.2, -0.15) is 9.97 Å². The zero-order valence-electron chi connectivity index (χ0n) is 46.5. The monoisotopic (exact) mass is 1100 g/mol. The Kier molecular flexibility index (Phi) is 31.2. The second-order valence-electron chi connectivity index (χ2n) is 20.8. The maximum atomic E-state index is 13.3. The van der Waals surface area contributed by atoms with E-state index in [-0.39, 0.29) is 68.4 Å². The molecule has 23 heteroatoms. The summed E-state index contributed by atoms with van der Waals surface area (Å²) in [6.45, 7) is 2.23. The molecule has 0 radical (unpaired) electrons. The fraction of sp³-hybridized carbons (Fsp3) is 0.685. The number of phosphoric acid groups is 1. The minimum Gasteiger partial charge on any atom is -0.756 e. The van der Waals surface area contributed by atoms with Gasteiger partial charge in [0.15, 0.2) is 23.1 Å². The number of fused-ring (bicyclic) bond motifs is 1. The number of rotatable bonds is 43. The molecule has 0 saturated heterocycles. The van der Waals surface area contributed by atoms with Crippen LogP contribution in [0, 0.1) is 0 Å². The summed E-state index contributed by atoms with van der Waals surface area (Å²) in [6, 6.07) is 5.55. The Labute approximate surface area is 455 Å². The van der Waals surface area contributed by atoms with Crippen LogP contribution in [0.25, 0.3) is 11.2 Å². The molecular formula is C54H89N10O12P. The number of amides is 2. The number of nitrogens with two attached hydrogens (primary N) is 2. The highest BCUT2D eigenvalue weighted by Crippen LogP contribution is 2.38. The molecule has 22 nitrogen and oxygen atoms in total. The quantitative estimate of drug-likeness (QED) is 0.0158. The lowest BCUT2D eigenvalue weighted by Gasteiger charge is -2.28. The predicted molar refractivity (Wildman–Crippen MR) is 294 cm³/mol. The molecule has 2 amide bonds. The van der Waals surface area contributed by atoms with E-state index in [0.717, 1.165) is 31.4 Å². The summed E-state index contributed by atoms with van der Waals surface area (Å²) in [6.07, 6.45) is 21.4. The highest BCUT2D eigenvalue weighted by Gasteiger charge is 2.24. The van der Waals surface area contributed by atoms with Crippen molar-refractivity contribution in [1.82, 2.24) is 30.6 Å². The van der Waals surface area contributed by atoms with Crippen LogP contribution in [0.4, 0.5) is 17.5 Å². The number of benzene rings is 1. The fourth-order valence-electron chi connectivity index (χ4n) is 8.20. The molecule has 3 rings (SSSR count). The lowest BCUT2D eigenvalue weighted by Crippen LogP contribution is -2.47. The van der Waals surface area contributed by atoms with Gasteiger partial charge in [-0.25, -0.2) is 9.97 Å². The Morgan fingerprint density at radius 3 is 1.91 bits per heavy atom. The summed E-state index contributed by atoms with van der Waals surface area (Å²) in [5, 5.41) is 14.8. The van der Waals surface area contributed by atoms with E-state index in [1.54, 1.807) is 30.5 Å². The third kappa shape index (κ3) is 29.7. The Bertz CT molecular complexity index is 2290. The molecular weight excluding hydrogens is 1010 g/mol. The summed E-state index contributed by atoms with van der Waals surface area (Å²) >= 11 is 0. The number of carbonyl (C=O) groups excluding carboxylic acids is 4. The number of likely N-dealkylation sites (N-methyl/N-ethyl adjacent to an activating group) is 1. The van der Waals surface area contributed by atoms with E-state index in [9.17, 15) is 38.5 Å². The number of aliphatic carboxylic acids is 1. The first-order valence-electron chi connectivity index (χ1n) is 27.7. The molecule has 0 saturated carbocycles. The molecule has 0 aliphatic heterocycles. The van der Waals surface area contributed by atoms with Crippen LogP contribution in [-0.4, -0.2) is 132 Å². The number of quaternary nitrogens is 1. The van der Waals surface area contributed by atoms with Crippen molar-refractivity contribution in [2.45, 2.75) is 180 Å². The van der Waals surface area contributed by atoms with Gasteiger partial charge in [-0.15, -0.1) is 0 Å². The average Bonchev–Trinajstić information content (AvgIpc) is 3.37. The predicted octanol–water partition coefficient (Wildman–Crippen LogP) is 7.56. The number of nitrogens with one attached hydrogen (secondary N) is 2. The first-order chi connectivity index (χ1) is 36.7. The highest BCUT2D eigenvalue weighted by atomic mass is 31.2. The van der Waals surface area contributed by atoms with Gasteiger partial charge in [0.25, 0.3) is 13.7 Å². The summed E-state index contributed by atoms with van der Waals surface area (Å²) in [4.78, 5) is 94.6. The van der Waals surface area contributed by atoms with Crippen molar-refractivity contribution in [3.63, 3.8) is 0 Å². The van der Waals surface area contributed by atoms with Gasteiger partial charge in [0.05, 0.1) is 46.2 Å². The van der Waals surface area contributed by atoms with Gasteiger partial charge in [0, 0.05) is 44.1 Å². The highest BCUT2D eigenvalue weighted by molar-refractivity contribution is 7.45. The standard InChI is InChI=1S/C54H89N10O12P/c1-6-7-8-9-10-11-12-13-14-15-16-17-18-20-23-26-47(67)73-39-44(40-75-77(71,72)74-36-35-64(3,4)5)76-48(68)27-24-21-19-22-25-34-57-53(70)45(32-33-46(65)66)60-52(69)41-28-30-43(31-29-41)63(2)38-42-37-58-51-49(59-42)50(55)61-54(56)62-51/h28-31,37,44-45H,6-27,32-36,38-40H2,1-5H3,(H7-,55,56,57,58,60,61,62,65,66,69,70,71,72)/t44?,45-/m1/s1. The van der Waals surface area contributed by atoms with Crippen molar-refractivity contribution in [1.29, 1.82) is 0 Å². The van der Waals surface area contributed by atoms with Crippen molar-refractivity contribution in [3.8, 4) is 0 Å². The molecule has 2 heterocycles. The van der Waals surface area contributed by atoms with Crippen LogP contribution in [0.3, 0.4) is 0 Å². The average molecular weight is 1100 g/mol. The molecule has 0 spiro atoms. The number of aromatic nitrogens is 4. The lowest BCUT2D eigenvalue weighted by molar-refractivity contribution is -0.870. The maximum Gasteiger partial charge on any atom is 0.306 e. The van der Waals surface area contributed by atoms with Crippen molar-refractivity contribution < 1.29 is 61.5 Å². The molecule has 1 aromatic carbocycles. The third-order valence-corrected chi connectivity index (χ3v) is 13.7. The van der Waals surface area contributed by atoms with E-state index in [0.29, 0.717) is 60.9 Å². The van der Waals surface area contributed by atoms with Gasteiger partial charge in [-0.1, -0.05) is 116 Å². The third-order valence-electron chi connectivity index (χ3n) is 12.7. The Morgan fingerprint density at radius 2 is 1.32 bits per heavy atom. The molecule has 77 heavy (non-hydrogen) atoms. The first-order valence-corrected chi connectivity index (χ1v) is 29.1. The lowest BCUT2D eigenvalue weighted by atomic mass is 10.0. The van der Waals surface area contributed by atoms with E-state index >= 15 is 0 Å². The van der Waals surface area contributed by atoms with E-state index in [2.05, 4.69) is 37.5 Å². The largest absolute Gasteiger partial charge is 0.756 e. The summed E-state index contributed by atoms with van der Waals surface area (Å²) in [5.41, 5.74) is 13.8. The number of hydrogen-bond donors (Lipinski definition) is 5. The Balaban J connectivity index is 1.37. The van der Waals surface area contributed by atoms with Gasteiger partial charge in [0.2, 0.25) is 11.9 Å². The number of carboxylic acid groups (broad SMARTS) is 1. The van der Waals surface area contributed by atoms with E-state index < -0.39 is 56.3 Å². The summed E-state index contributed by atoms with van der Waals surface area (Å²) in [7, 11) is 2.76. The smallest absolute Gasteiger partial charge is 0.306 e. The molecule has 0 aliphatic carbocycles. The first kappa shape index (κ1) is 65.7. The number of phosphoric ester groups is 1. The molecule has 0 fully saturated rings. The van der Waals surface area contributed by atoms with Crippen molar-refractivity contribution in [2.24, 2.45) is 0 Å². The van der Waals surface area contributed by atoms with Crippen LogP contribution in [0.5, 0.6) is 0 Å². The molecule has 2 unspecified atom stereocenters.